The number of sulfonamides is 1. The van der Waals surface area contributed by atoms with Gasteiger partial charge in [0.1, 0.15) is 0 Å². The van der Waals surface area contributed by atoms with E-state index in [1.54, 1.807) is 0 Å². The molecule has 2 heterocycles. The Kier molecular flexibility index (Phi) is 2.34. The lowest BCUT2D eigenvalue weighted by atomic mass is 10.2. The molecule has 0 aliphatic carbocycles. The van der Waals surface area contributed by atoms with E-state index in [0.29, 0.717) is 24.3 Å². The number of aromatic nitrogens is 1. The Balaban J connectivity index is 2.53. The van der Waals surface area contributed by atoms with Gasteiger partial charge in [-0.05, 0) is 6.07 Å². The molecule has 0 atom stereocenters. The first-order chi connectivity index (χ1) is 7.39. The molecule has 1 aromatic rings. The predicted molar refractivity (Wildman–Crippen MR) is 57.1 cm³/mol. The van der Waals surface area contributed by atoms with Gasteiger partial charge in [-0.1, -0.05) is 0 Å². The molecule has 0 aromatic carbocycles. The normalized spacial score (nSPS) is 14.9. The van der Waals surface area contributed by atoms with E-state index in [4.69, 9.17) is 5.11 Å². The van der Waals surface area contributed by atoms with E-state index >= 15 is 0 Å². The van der Waals surface area contributed by atoms with Crippen LogP contribution in [0.5, 0.6) is 0 Å². The van der Waals surface area contributed by atoms with Crippen LogP contribution in [-0.2, 0) is 16.4 Å². The predicted octanol–water partition coefficient (Wildman–Crippen LogP) is 0.102. The number of hydrogen-bond acceptors (Lipinski definition) is 4. The summed E-state index contributed by atoms with van der Waals surface area (Å²) in [4.78, 5) is 14.7. The smallest absolute Gasteiger partial charge is 0.337 e. The maximum atomic E-state index is 11.4. The number of pyridine rings is 1. The molecule has 0 saturated heterocycles. The molecule has 1 N–H and O–H groups in total. The Morgan fingerprint density at radius 1 is 1.56 bits per heavy atom. The van der Waals surface area contributed by atoms with E-state index in [-0.39, 0.29) is 5.56 Å². The summed E-state index contributed by atoms with van der Waals surface area (Å²) in [6, 6.07) is 1.35. The summed E-state index contributed by atoms with van der Waals surface area (Å²) in [5, 5.41) is 8.80. The molecule has 1 aliphatic rings. The lowest BCUT2D eigenvalue weighted by Crippen LogP contribution is -2.27. The third kappa shape index (κ3) is 1.73. The average Bonchev–Trinajstić information content (AvgIpc) is 2.58. The highest BCUT2D eigenvalue weighted by Gasteiger charge is 2.27. The number of carboxylic acids is 1. The minimum Gasteiger partial charge on any atom is -0.478 e. The van der Waals surface area contributed by atoms with E-state index in [1.807, 2.05) is 0 Å². The quantitative estimate of drug-likeness (QED) is 0.794. The zero-order valence-electron chi connectivity index (χ0n) is 8.54. The number of fused-ring (bicyclic) bond motifs is 1. The summed E-state index contributed by atoms with van der Waals surface area (Å²) in [6.45, 7) is 0.324. The SMILES string of the molecule is CS(=O)(=O)N1CCc2ncc(C(=O)O)cc21. The van der Waals surface area contributed by atoms with Crippen LogP contribution < -0.4 is 4.31 Å². The number of carboxylic acid groups (broad SMARTS) is 1. The van der Waals surface area contributed by atoms with Gasteiger partial charge >= 0.3 is 5.97 Å². The van der Waals surface area contributed by atoms with Gasteiger partial charge in [0.15, 0.2) is 0 Å². The van der Waals surface area contributed by atoms with Crippen molar-refractivity contribution in [3.8, 4) is 0 Å². The number of rotatable bonds is 2. The maximum Gasteiger partial charge on any atom is 0.337 e. The lowest BCUT2D eigenvalue weighted by molar-refractivity contribution is 0.0696. The third-order valence-electron chi connectivity index (χ3n) is 2.42. The van der Waals surface area contributed by atoms with Gasteiger partial charge in [0.2, 0.25) is 10.0 Å². The summed E-state index contributed by atoms with van der Waals surface area (Å²) in [5.41, 5.74) is 0.993. The van der Waals surface area contributed by atoms with Gasteiger partial charge in [0.25, 0.3) is 0 Å². The second-order valence-electron chi connectivity index (χ2n) is 3.58. The molecule has 0 radical (unpaired) electrons. The van der Waals surface area contributed by atoms with Crippen molar-refractivity contribution < 1.29 is 18.3 Å². The third-order valence-corrected chi connectivity index (χ3v) is 3.59. The highest BCUT2D eigenvalue weighted by atomic mass is 32.2. The Hall–Kier alpha value is -1.63. The van der Waals surface area contributed by atoms with E-state index in [0.717, 1.165) is 6.26 Å². The largest absolute Gasteiger partial charge is 0.478 e. The molecule has 0 spiro atoms. The first kappa shape index (κ1) is 10.9. The molecule has 0 amide bonds. The zero-order chi connectivity index (χ0) is 11.9. The molecule has 0 bridgehead atoms. The molecule has 2 rings (SSSR count). The summed E-state index contributed by atoms with van der Waals surface area (Å²) < 4.78 is 24.0. The molecule has 0 unspecified atom stereocenters. The second-order valence-corrected chi connectivity index (χ2v) is 5.49. The topological polar surface area (TPSA) is 87.6 Å². The molecule has 16 heavy (non-hydrogen) atoms. The number of anilines is 1. The Morgan fingerprint density at radius 2 is 2.25 bits per heavy atom. The second kappa shape index (κ2) is 3.44. The van der Waals surface area contributed by atoms with Gasteiger partial charge in [-0.15, -0.1) is 0 Å². The number of hydrogen-bond donors (Lipinski definition) is 1. The van der Waals surface area contributed by atoms with Crippen molar-refractivity contribution >= 4 is 21.7 Å². The van der Waals surface area contributed by atoms with Crippen molar-refractivity contribution in [2.75, 3.05) is 17.1 Å². The molecule has 1 aromatic heterocycles. The fourth-order valence-corrected chi connectivity index (χ4v) is 2.62. The van der Waals surface area contributed by atoms with E-state index in [2.05, 4.69) is 4.98 Å². The van der Waals surface area contributed by atoms with Crippen molar-refractivity contribution in [2.24, 2.45) is 0 Å². The van der Waals surface area contributed by atoms with Gasteiger partial charge < -0.3 is 5.11 Å². The van der Waals surface area contributed by atoms with Crippen molar-refractivity contribution in [3.63, 3.8) is 0 Å². The van der Waals surface area contributed by atoms with Gasteiger partial charge in [-0.3, -0.25) is 9.29 Å². The summed E-state index contributed by atoms with van der Waals surface area (Å²) in [5.74, 6) is -1.12. The molecular weight excluding hydrogens is 232 g/mol. The maximum absolute atomic E-state index is 11.4. The molecule has 6 nitrogen and oxygen atoms in total. The van der Waals surface area contributed by atoms with E-state index < -0.39 is 16.0 Å². The van der Waals surface area contributed by atoms with Crippen LogP contribution in [0.4, 0.5) is 5.69 Å². The van der Waals surface area contributed by atoms with Gasteiger partial charge in [0.05, 0.1) is 23.2 Å². The van der Waals surface area contributed by atoms with Crippen LogP contribution >= 0.6 is 0 Å². The standard InChI is InChI=1S/C9H10N2O4S/c1-16(14,15)11-3-2-7-8(11)4-6(5-10-7)9(12)13/h4-5H,2-3H2,1H3,(H,12,13). The summed E-state index contributed by atoms with van der Waals surface area (Å²) in [6.07, 6.45) is 2.85. The first-order valence-electron chi connectivity index (χ1n) is 4.59. The fourth-order valence-electron chi connectivity index (χ4n) is 1.68. The molecule has 0 fully saturated rings. The van der Waals surface area contributed by atoms with Crippen molar-refractivity contribution in [1.29, 1.82) is 0 Å². The Bertz CT molecular complexity index is 553. The van der Waals surface area contributed by atoms with E-state index in [9.17, 15) is 13.2 Å². The Morgan fingerprint density at radius 3 is 2.81 bits per heavy atom. The van der Waals surface area contributed by atoms with Crippen LogP contribution in [0.1, 0.15) is 16.1 Å². The highest BCUT2D eigenvalue weighted by molar-refractivity contribution is 7.92. The van der Waals surface area contributed by atoms with Crippen LogP contribution in [0.2, 0.25) is 0 Å². The van der Waals surface area contributed by atoms with Crippen LogP contribution in [0.25, 0.3) is 0 Å². The van der Waals surface area contributed by atoms with Crippen molar-refractivity contribution in [2.45, 2.75) is 6.42 Å². The van der Waals surface area contributed by atoms with Crippen LogP contribution in [-0.4, -0.2) is 37.3 Å². The average molecular weight is 242 g/mol. The molecule has 0 saturated carbocycles. The highest BCUT2D eigenvalue weighted by Crippen LogP contribution is 2.28. The van der Waals surface area contributed by atoms with E-state index in [1.165, 1.54) is 16.6 Å². The monoisotopic (exact) mass is 242 g/mol. The van der Waals surface area contributed by atoms with Gasteiger partial charge in [-0.2, -0.15) is 0 Å². The molecule has 86 valence electrons. The minimum absolute atomic E-state index is 0.00528. The lowest BCUT2D eigenvalue weighted by Gasteiger charge is -2.15. The van der Waals surface area contributed by atoms with Crippen LogP contribution in [0.3, 0.4) is 0 Å². The number of aromatic carboxylic acids is 1. The molecule has 1 aliphatic heterocycles. The first-order valence-corrected chi connectivity index (χ1v) is 6.44. The van der Waals surface area contributed by atoms with Crippen molar-refractivity contribution in [1.82, 2.24) is 4.98 Å². The summed E-state index contributed by atoms with van der Waals surface area (Å²) >= 11 is 0. The fraction of sp³-hybridized carbons (Fsp3) is 0.333. The van der Waals surface area contributed by atoms with Crippen molar-refractivity contribution in [3.05, 3.63) is 23.5 Å². The zero-order valence-corrected chi connectivity index (χ0v) is 9.36. The number of carbonyl (C=O) groups is 1. The Labute approximate surface area is 92.6 Å². The summed E-state index contributed by atoms with van der Waals surface area (Å²) in [7, 11) is -3.36. The van der Waals surface area contributed by atoms with Crippen LogP contribution in [0, 0.1) is 0 Å². The van der Waals surface area contributed by atoms with Gasteiger partial charge in [0, 0.05) is 19.2 Å². The molecular formula is C9H10N2O4S. The van der Waals surface area contributed by atoms with Gasteiger partial charge in [-0.25, -0.2) is 13.2 Å². The van der Waals surface area contributed by atoms with Crippen LogP contribution in [0.15, 0.2) is 12.3 Å². The molecule has 7 heteroatoms. The minimum atomic E-state index is -3.36. The number of nitrogens with zero attached hydrogens (tertiary/aromatic N) is 2.